The number of hydrogen-bond acceptors (Lipinski definition) is 3. The number of allylic oxidation sites excluding steroid dienone is 2. The highest BCUT2D eigenvalue weighted by molar-refractivity contribution is 5.58. The molecule has 3 heteroatoms. The molecule has 10 heavy (non-hydrogen) atoms. The summed E-state index contributed by atoms with van der Waals surface area (Å²) in [5, 5.41) is 7.52. The molecule has 52 valence electrons. The average Bonchev–Trinajstić information content (AvgIpc) is 2.05. The van der Waals surface area contributed by atoms with E-state index in [1.54, 1.807) is 6.20 Å². The Morgan fingerprint density at radius 2 is 2.40 bits per heavy atom. The maximum Gasteiger partial charge on any atom is 0.138 e. The fourth-order valence-electron chi connectivity index (χ4n) is 0.576. The van der Waals surface area contributed by atoms with Gasteiger partial charge < -0.3 is 0 Å². The summed E-state index contributed by atoms with van der Waals surface area (Å²) in [7, 11) is 0. The Balaban J connectivity index is 2.96. The molecular weight excluding hydrogens is 126 g/mol. The minimum absolute atomic E-state index is 0.838. The third-order valence-electron chi connectivity index (χ3n) is 1.32. The quantitative estimate of drug-likeness (QED) is 0.582. The van der Waals surface area contributed by atoms with Gasteiger partial charge in [-0.05, 0) is 19.4 Å². The summed E-state index contributed by atoms with van der Waals surface area (Å²) < 4.78 is 0. The van der Waals surface area contributed by atoms with Crippen LogP contribution in [-0.4, -0.2) is 15.2 Å². The number of hydrogen-bond donors (Lipinski definition) is 0. The van der Waals surface area contributed by atoms with Crippen molar-refractivity contribution in [3.8, 4) is 0 Å². The third-order valence-corrected chi connectivity index (χ3v) is 1.32. The van der Waals surface area contributed by atoms with Gasteiger partial charge in [0.15, 0.2) is 0 Å². The second kappa shape index (κ2) is 3.06. The fourth-order valence-corrected chi connectivity index (χ4v) is 0.576. The summed E-state index contributed by atoms with van der Waals surface area (Å²) in [5.41, 5.74) is 1.94. The van der Waals surface area contributed by atoms with Crippen molar-refractivity contribution < 1.29 is 0 Å². The van der Waals surface area contributed by atoms with Crippen LogP contribution < -0.4 is 0 Å². The predicted octanol–water partition coefficient (Wildman–Crippen LogP) is 1.29. The molecule has 0 aromatic carbocycles. The summed E-state index contributed by atoms with van der Waals surface area (Å²) in [5.74, 6) is 0. The summed E-state index contributed by atoms with van der Waals surface area (Å²) in [4.78, 5) is 3.84. The van der Waals surface area contributed by atoms with Gasteiger partial charge in [-0.15, -0.1) is 10.2 Å². The molecule has 0 saturated carbocycles. The maximum atomic E-state index is 3.87. The molecule has 0 saturated heterocycles. The van der Waals surface area contributed by atoms with Crippen LogP contribution in [0.5, 0.6) is 0 Å². The Labute approximate surface area is 59.8 Å². The lowest BCUT2D eigenvalue weighted by molar-refractivity contribution is 0.949. The van der Waals surface area contributed by atoms with E-state index in [9.17, 15) is 0 Å². The molecule has 0 fully saturated rings. The standard InChI is InChI=1S/C7H9N3/c1-3-6(2)7-4-8-5-9-10-7/h3-5H,1-2H3/b6-3+. The number of aromatic nitrogens is 3. The molecule has 0 bridgehead atoms. The van der Waals surface area contributed by atoms with Gasteiger partial charge in [0.25, 0.3) is 0 Å². The molecule has 1 heterocycles. The van der Waals surface area contributed by atoms with Crippen LogP contribution in [0.4, 0.5) is 0 Å². The van der Waals surface area contributed by atoms with E-state index in [4.69, 9.17) is 0 Å². The first kappa shape index (κ1) is 6.86. The smallest absolute Gasteiger partial charge is 0.138 e. The third kappa shape index (κ3) is 1.37. The van der Waals surface area contributed by atoms with Gasteiger partial charge in [0.05, 0.1) is 6.20 Å². The molecule has 1 rings (SSSR count). The molecule has 3 nitrogen and oxygen atoms in total. The topological polar surface area (TPSA) is 38.7 Å². The van der Waals surface area contributed by atoms with Crippen LogP contribution in [0.15, 0.2) is 18.6 Å². The van der Waals surface area contributed by atoms with Crippen molar-refractivity contribution in [1.29, 1.82) is 0 Å². The molecule has 0 radical (unpaired) electrons. The van der Waals surface area contributed by atoms with E-state index in [1.165, 1.54) is 6.33 Å². The minimum atomic E-state index is 0.838. The van der Waals surface area contributed by atoms with Crippen LogP contribution in [0, 0.1) is 0 Å². The van der Waals surface area contributed by atoms with Crippen molar-refractivity contribution in [2.75, 3.05) is 0 Å². The molecule has 1 aromatic rings. The largest absolute Gasteiger partial charge is 0.241 e. The van der Waals surface area contributed by atoms with Crippen LogP contribution in [0.25, 0.3) is 5.57 Å². The van der Waals surface area contributed by atoms with Gasteiger partial charge >= 0.3 is 0 Å². The molecule has 0 spiro atoms. The predicted molar refractivity (Wildman–Crippen MR) is 39.2 cm³/mol. The highest BCUT2D eigenvalue weighted by Crippen LogP contribution is 2.05. The van der Waals surface area contributed by atoms with E-state index in [1.807, 2.05) is 19.9 Å². The Bertz CT molecular complexity index is 228. The van der Waals surface area contributed by atoms with Crippen molar-refractivity contribution in [3.05, 3.63) is 24.3 Å². The molecule has 0 unspecified atom stereocenters. The molecular formula is C7H9N3. The Morgan fingerprint density at radius 1 is 1.60 bits per heavy atom. The molecule has 0 atom stereocenters. The first-order chi connectivity index (χ1) is 4.84. The molecule has 0 N–H and O–H groups in total. The minimum Gasteiger partial charge on any atom is -0.241 e. The van der Waals surface area contributed by atoms with Gasteiger partial charge in [0.1, 0.15) is 12.0 Å². The van der Waals surface area contributed by atoms with Gasteiger partial charge in [0, 0.05) is 0 Å². The average molecular weight is 135 g/mol. The second-order valence-electron chi connectivity index (χ2n) is 1.97. The van der Waals surface area contributed by atoms with Crippen molar-refractivity contribution in [3.63, 3.8) is 0 Å². The van der Waals surface area contributed by atoms with Gasteiger partial charge in [-0.3, -0.25) is 0 Å². The number of nitrogens with zero attached hydrogens (tertiary/aromatic N) is 3. The maximum absolute atomic E-state index is 3.87. The Kier molecular flexibility index (Phi) is 2.10. The van der Waals surface area contributed by atoms with Gasteiger partial charge in [0.2, 0.25) is 0 Å². The lowest BCUT2D eigenvalue weighted by atomic mass is 10.2. The number of rotatable bonds is 1. The molecule has 1 aromatic heterocycles. The van der Waals surface area contributed by atoms with Gasteiger partial charge in [-0.25, -0.2) is 4.98 Å². The summed E-state index contributed by atoms with van der Waals surface area (Å²) >= 11 is 0. The van der Waals surface area contributed by atoms with Gasteiger partial charge in [-0.2, -0.15) is 0 Å². The first-order valence-electron chi connectivity index (χ1n) is 3.10. The molecule has 0 aliphatic rings. The SMILES string of the molecule is C/C=C(\C)c1cncnn1. The van der Waals surface area contributed by atoms with Crippen LogP contribution >= 0.6 is 0 Å². The highest BCUT2D eigenvalue weighted by atomic mass is 15.1. The van der Waals surface area contributed by atoms with Crippen molar-refractivity contribution in [1.82, 2.24) is 15.2 Å². The van der Waals surface area contributed by atoms with Crippen LogP contribution in [0.3, 0.4) is 0 Å². The summed E-state index contributed by atoms with van der Waals surface area (Å²) in [6.45, 7) is 3.94. The zero-order valence-electron chi connectivity index (χ0n) is 6.07. The van der Waals surface area contributed by atoms with E-state index < -0.39 is 0 Å². The van der Waals surface area contributed by atoms with Crippen molar-refractivity contribution in [2.45, 2.75) is 13.8 Å². The van der Waals surface area contributed by atoms with E-state index >= 15 is 0 Å². The van der Waals surface area contributed by atoms with Crippen LogP contribution in [-0.2, 0) is 0 Å². The Morgan fingerprint density at radius 3 is 2.90 bits per heavy atom. The fraction of sp³-hybridized carbons (Fsp3) is 0.286. The lowest BCUT2D eigenvalue weighted by Crippen LogP contribution is -1.89. The van der Waals surface area contributed by atoms with Gasteiger partial charge in [-0.1, -0.05) is 6.08 Å². The summed E-state index contributed by atoms with van der Waals surface area (Å²) in [6.07, 6.45) is 5.10. The molecule has 0 aliphatic heterocycles. The van der Waals surface area contributed by atoms with Crippen LogP contribution in [0.1, 0.15) is 19.5 Å². The van der Waals surface area contributed by atoms with Crippen molar-refractivity contribution >= 4 is 5.57 Å². The lowest BCUT2D eigenvalue weighted by Gasteiger charge is -1.93. The van der Waals surface area contributed by atoms with E-state index in [0.29, 0.717) is 0 Å². The second-order valence-corrected chi connectivity index (χ2v) is 1.97. The molecule has 0 amide bonds. The Hall–Kier alpha value is -1.25. The van der Waals surface area contributed by atoms with E-state index in [2.05, 4.69) is 15.2 Å². The summed E-state index contributed by atoms with van der Waals surface area (Å²) in [6, 6.07) is 0. The van der Waals surface area contributed by atoms with E-state index in [0.717, 1.165) is 11.3 Å². The molecule has 0 aliphatic carbocycles. The first-order valence-corrected chi connectivity index (χ1v) is 3.10. The van der Waals surface area contributed by atoms with E-state index in [-0.39, 0.29) is 0 Å². The van der Waals surface area contributed by atoms with Crippen molar-refractivity contribution in [2.24, 2.45) is 0 Å². The highest BCUT2D eigenvalue weighted by Gasteiger charge is 1.93. The van der Waals surface area contributed by atoms with Crippen LogP contribution in [0.2, 0.25) is 0 Å². The monoisotopic (exact) mass is 135 g/mol. The zero-order valence-corrected chi connectivity index (χ0v) is 6.07. The normalized spacial score (nSPS) is 11.6. The zero-order chi connectivity index (χ0) is 7.40.